The first kappa shape index (κ1) is 17.1. The van der Waals surface area contributed by atoms with Gasteiger partial charge >= 0.3 is 0 Å². The summed E-state index contributed by atoms with van der Waals surface area (Å²) in [6.45, 7) is 0. The van der Waals surface area contributed by atoms with E-state index in [1.807, 2.05) is 0 Å². The summed E-state index contributed by atoms with van der Waals surface area (Å²) in [5, 5.41) is 14.8. The molecule has 0 fully saturated rings. The molecule has 41 valence electrons. The first-order chi connectivity index (χ1) is 1.73. The van der Waals surface area contributed by atoms with Gasteiger partial charge in [0, 0.05) is 19.5 Å². The van der Waals surface area contributed by atoms with E-state index >= 15 is 0 Å². The molecule has 0 unspecified atom stereocenters. The van der Waals surface area contributed by atoms with Crippen molar-refractivity contribution in [1.29, 1.82) is 0 Å². The van der Waals surface area contributed by atoms with Crippen LogP contribution in [0.1, 0.15) is 0 Å². The van der Waals surface area contributed by atoms with Crippen LogP contribution >= 0.6 is 0 Å². The zero-order chi connectivity index (χ0) is 3.58. The van der Waals surface area contributed by atoms with Crippen molar-refractivity contribution in [3.05, 3.63) is 15.3 Å². The molecule has 0 aromatic rings. The van der Waals surface area contributed by atoms with Crippen LogP contribution in [0.15, 0.2) is 0 Å². The molecule has 0 rings (SSSR count). The van der Waals surface area contributed by atoms with E-state index in [1.54, 1.807) is 0 Å². The van der Waals surface area contributed by atoms with Gasteiger partial charge in [-0.25, -0.2) is 0 Å². The van der Waals surface area contributed by atoms with E-state index in [-0.39, 0.29) is 25.6 Å². The molecular formula is H4N2O3Rh. The predicted octanol–water partition coefficient (Wildman–Crippen LogP) is 0.135. The van der Waals surface area contributed by atoms with Gasteiger partial charge in [-0.1, -0.05) is 0 Å². The summed E-state index contributed by atoms with van der Waals surface area (Å²) in [5.41, 5.74) is 0. The van der Waals surface area contributed by atoms with Crippen LogP contribution < -0.4 is 6.15 Å². The third-order valence-corrected chi connectivity index (χ3v) is 0. The third-order valence-electron chi connectivity index (χ3n) is 0. The van der Waals surface area contributed by atoms with Crippen LogP contribution in [0.25, 0.3) is 0 Å². The minimum Gasteiger partial charge on any atom is -0.369 e. The fraction of sp³-hybridized carbons (Fsp3) is 0. The Bertz CT molecular complexity index is 31.8. The molecule has 1 radical (unpaired) electrons. The molecule has 0 aromatic heterocycles. The molecule has 0 amide bonds. The summed E-state index contributed by atoms with van der Waals surface area (Å²) in [5.74, 6) is 0. The minimum atomic E-state index is -1.75. The van der Waals surface area contributed by atoms with Crippen molar-refractivity contribution >= 4 is 0 Å². The quantitative estimate of drug-likeness (QED) is 0.328. The van der Waals surface area contributed by atoms with Gasteiger partial charge in [0.25, 0.3) is 0 Å². The van der Waals surface area contributed by atoms with Gasteiger partial charge in [-0.05, 0) is 0 Å². The van der Waals surface area contributed by atoms with Crippen molar-refractivity contribution in [2.45, 2.75) is 0 Å². The summed E-state index contributed by atoms with van der Waals surface area (Å²) in [6, 6.07) is 0. The number of quaternary nitrogens is 1. The van der Waals surface area contributed by atoms with Crippen LogP contribution in [0.3, 0.4) is 0 Å². The van der Waals surface area contributed by atoms with E-state index in [0.717, 1.165) is 0 Å². The van der Waals surface area contributed by atoms with Gasteiger partial charge in [0.05, 0.1) is 5.09 Å². The summed E-state index contributed by atoms with van der Waals surface area (Å²) in [6.07, 6.45) is 0. The summed E-state index contributed by atoms with van der Waals surface area (Å²) in [4.78, 5) is 8.25. The van der Waals surface area contributed by atoms with Crippen LogP contribution in [0, 0.1) is 15.3 Å². The van der Waals surface area contributed by atoms with Gasteiger partial charge in [-0.3, -0.25) is 0 Å². The molecular weight excluding hydrogens is 179 g/mol. The molecule has 0 heterocycles. The standard InChI is InChI=1S/NO3.H3N.Rh/c2-1(3)4;;/h;1H3;/q-1;;/p+1. The Morgan fingerprint density at radius 2 is 1.33 bits per heavy atom. The molecule has 6 heavy (non-hydrogen) atoms. The molecule has 5 nitrogen and oxygen atoms in total. The van der Waals surface area contributed by atoms with Crippen molar-refractivity contribution in [3.63, 3.8) is 0 Å². The van der Waals surface area contributed by atoms with Gasteiger partial charge in [-0.2, -0.15) is 0 Å². The number of nitrogens with zero attached hydrogens (tertiary/aromatic N) is 1. The van der Waals surface area contributed by atoms with E-state index in [1.165, 1.54) is 0 Å². The molecule has 0 aromatic carbocycles. The summed E-state index contributed by atoms with van der Waals surface area (Å²) in [7, 11) is 0. The summed E-state index contributed by atoms with van der Waals surface area (Å²) >= 11 is 0. The Kier molecular flexibility index (Phi) is 25.2. The molecule has 4 N–H and O–H groups in total. The van der Waals surface area contributed by atoms with Crippen molar-refractivity contribution in [1.82, 2.24) is 6.15 Å². The van der Waals surface area contributed by atoms with Crippen molar-refractivity contribution in [2.75, 3.05) is 0 Å². The Labute approximate surface area is 46.8 Å². The maximum atomic E-state index is 8.25. The van der Waals surface area contributed by atoms with E-state index in [9.17, 15) is 0 Å². The van der Waals surface area contributed by atoms with E-state index < -0.39 is 5.09 Å². The smallest absolute Gasteiger partial charge is 0.0689 e. The normalized spacial score (nSPS) is 4.00. The first-order valence-corrected chi connectivity index (χ1v) is 0.548. The molecule has 0 aliphatic carbocycles. The number of rotatable bonds is 0. The minimum absolute atomic E-state index is 0. The monoisotopic (exact) mass is 183 g/mol. The average molecular weight is 183 g/mol. The van der Waals surface area contributed by atoms with E-state index in [0.29, 0.717) is 0 Å². The number of hydrogen-bond donors (Lipinski definition) is 1. The second-order valence-corrected chi connectivity index (χ2v) is 0.224. The molecule has 0 atom stereocenters. The van der Waals surface area contributed by atoms with Gasteiger partial charge in [0.2, 0.25) is 0 Å². The zero-order valence-corrected chi connectivity index (χ0v) is 4.64. The van der Waals surface area contributed by atoms with Gasteiger partial charge < -0.3 is 21.5 Å². The fourth-order valence-corrected chi connectivity index (χ4v) is 0. The molecule has 0 aliphatic heterocycles. The third kappa shape index (κ3) is 625. The second-order valence-electron chi connectivity index (χ2n) is 0.224. The van der Waals surface area contributed by atoms with Crippen LogP contribution in [0.5, 0.6) is 0 Å². The molecule has 6 heteroatoms. The van der Waals surface area contributed by atoms with E-state index in [4.69, 9.17) is 15.3 Å². The fourth-order valence-electron chi connectivity index (χ4n) is 0. The predicted molar refractivity (Wildman–Crippen MR) is 16.3 cm³/mol. The van der Waals surface area contributed by atoms with Crippen LogP contribution in [-0.4, -0.2) is 5.09 Å². The molecule has 0 aliphatic rings. The average Bonchev–Trinajstić information content (AvgIpc) is 0.811. The summed E-state index contributed by atoms with van der Waals surface area (Å²) < 4.78 is 0. The number of hydrogen-bond acceptors (Lipinski definition) is 3. The van der Waals surface area contributed by atoms with Gasteiger partial charge in [0.15, 0.2) is 0 Å². The molecule has 0 saturated heterocycles. The molecule has 0 spiro atoms. The second kappa shape index (κ2) is 8.84. The Balaban J connectivity index is -0.0000000450. The van der Waals surface area contributed by atoms with Crippen molar-refractivity contribution in [3.8, 4) is 0 Å². The largest absolute Gasteiger partial charge is 0.369 e. The van der Waals surface area contributed by atoms with Crippen LogP contribution in [-0.2, 0) is 19.5 Å². The van der Waals surface area contributed by atoms with Gasteiger partial charge in [-0.15, -0.1) is 0 Å². The van der Waals surface area contributed by atoms with Crippen molar-refractivity contribution in [2.24, 2.45) is 0 Å². The van der Waals surface area contributed by atoms with E-state index in [2.05, 4.69) is 0 Å². The maximum absolute atomic E-state index is 8.25. The van der Waals surface area contributed by atoms with Crippen molar-refractivity contribution < 1.29 is 24.6 Å². The Morgan fingerprint density at radius 3 is 1.33 bits per heavy atom. The molecule has 0 bridgehead atoms. The van der Waals surface area contributed by atoms with Gasteiger partial charge in [0.1, 0.15) is 0 Å². The Hall–Kier alpha value is -0.217. The first-order valence-electron chi connectivity index (χ1n) is 0.548. The maximum Gasteiger partial charge on any atom is 0.0689 e. The molecule has 0 saturated carbocycles. The SMILES string of the molecule is O=[N+]([O-])[O-].[NH4+].[Rh]. The van der Waals surface area contributed by atoms with Crippen LogP contribution in [0.4, 0.5) is 0 Å². The van der Waals surface area contributed by atoms with Crippen LogP contribution in [0.2, 0.25) is 0 Å². The topological polar surface area (TPSA) is 103 Å². The zero-order valence-electron chi connectivity index (χ0n) is 3.01. The Morgan fingerprint density at radius 1 is 1.33 bits per heavy atom.